The molecule has 0 radical (unpaired) electrons. The third-order valence-corrected chi connectivity index (χ3v) is 12.4. The predicted octanol–water partition coefficient (Wildman–Crippen LogP) is 16.8. The Bertz CT molecular complexity index is 3550. The van der Waals surface area contributed by atoms with Gasteiger partial charge in [0.1, 0.15) is 11.2 Å². The molecule has 0 aliphatic carbocycles. The minimum atomic E-state index is 0.886. The Morgan fingerprint density at radius 1 is 0.270 bits per heavy atom. The summed E-state index contributed by atoms with van der Waals surface area (Å²) in [6, 6.07) is 87.0. The molecule has 2 heterocycles. The lowest BCUT2D eigenvalue weighted by Gasteiger charge is -2.26. The molecule has 0 unspecified atom stereocenters. The van der Waals surface area contributed by atoms with Crippen LogP contribution >= 0.6 is 0 Å². The van der Waals surface area contributed by atoms with Crippen LogP contribution in [0.1, 0.15) is 0 Å². The topological polar surface area (TPSA) is 21.3 Å². The van der Waals surface area contributed by atoms with Crippen molar-refractivity contribution in [2.45, 2.75) is 0 Å². The first kappa shape index (κ1) is 36.5. The van der Waals surface area contributed by atoms with Crippen molar-refractivity contribution in [1.82, 2.24) is 4.57 Å². The van der Waals surface area contributed by atoms with Crippen molar-refractivity contribution in [3.63, 3.8) is 0 Å². The number of furan rings is 1. The fourth-order valence-corrected chi connectivity index (χ4v) is 9.30. The van der Waals surface area contributed by atoms with Crippen molar-refractivity contribution in [2.75, 3.05) is 4.90 Å². The standard InChI is InChI=1S/C60H40N2O/c1-3-13-41(14-4-1)45-17-11-19-51(37-45)61(49-31-25-43(26-32-49)46-18-12-20-52(38-46)62-57-23-9-7-21-53(57)54-22-8-10-24-58(54)62)50-33-27-44(28-34-50)48-30-36-56-55-35-29-47(42-15-5-2-6-16-42)39-59(55)63-60(56)40-48/h1-40H. The van der Waals surface area contributed by atoms with Crippen LogP contribution in [-0.2, 0) is 0 Å². The average molecular weight is 805 g/mol. The van der Waals surface area contributed by atoms with Gasteiger partial charge in [0.05, 0.1) is 11.0 Å². The number of rotatable bonds is 8. The van der Waals surface area contributed by atoms with E-state index in [1.54, 1.807) is 0 Å². The fourth-order valence-electron chi connectivity index (χ4n) is 9.30. The Morgan fingerprint density at radius 2 is 0.683 bits per heavy atom. The molecule has 0 fully saturated rings. The van der Waals surface area contributed by atoms with E-state index >= 15 is 0 Å². The van der Waals surface area contributed by atoms with E-state index in [9.17, 15) is 0 Å². The second-order valence-corrected chi connectivity index (χ2v) is 16.2. The SMILES string of the molecule is c1ccc(-c2cccc(N(c3ccc(-c4cccc(-n5c6ccccc6c6ccccc65)c4)cc3)c3ccc(-c4ccc5c(c4)oc4cc(-c6ccccc6)ccc45)cc3)c2)cc1. The monoisotopic (exact) mass is 804 g/mol. The first-order valence-corrected chi connectivity index (χ1v) is 21.5. The average Bonchev–Trinajstić information content (AvgIpc) is 3.90. The number of para-hydroxylation sites is 2. The molecule has 0 bridgehead atoms. The lowest BCUT2D eigenvalue weighted by Crippen LogP contribution is -2.10. The normalized spacial score (nSPS) is 11.5. The van der Waals surface area contributed by atoms with Crippen molar-refractivity contribution in [3.8, 4) is 50.2 Å². The van der Waals surface area contributed by atoms with Crippen LogP contribution < -0.4 is 4.90 Å². The van der Waals surface area contributed by atoms with Gasteiger partial charge >= 0.3 is 0 Å². The molecule has 63 heavy (non-hydrogen) atoms. The van der Waals surface area contributed by atoms with E-state index in [2.05, 4.69) is 246 Å². The van der Waals surface area contributed by atoms with E-state index in [0.29, 0.717) is 0 Å². The minimum absolute atomic E-state index is 0.886. The third-order valence-electron chi connectivity index (χ3n) is 12.4. The smallest absolute Gasteiger partial charge is 0.136 e. The zero-order chi connectivity index (χ0) is 41.7. The summed E-state index contributed by atoms with van der Waals surface area (Å²) in [6.07, 6.45) is 0. The Hall–Kier alpha value is -8.40. The number of aromatic nitrogens is 1. The molecule has 0 amide bonds. The molecule has 0 saturated carbocycles. The zero-order valence-corrected chi connectivity index (χ0v) is 34.4. The van der Waals surface area contributed by atoms with Gasteiger partial charge in [-0.25, -0.2) is 0 Å². The van der Waals surface area contributed by atoms with Gasteiger partial charge in [0.2, 0.25) is 0 Å². The van der Waals surface area contributed by atoms with Crippen LogP contribution in [0.2, 0.25) is 0 Å². The summed E-state index contributed by atoms with van der Waals surface area (Å²) in [6.45, 7) is 0. The van der Waals surface area contributed by atoms with Crippen molar-refractivity contribution in [3.05, 3.63) is 243 Å². The Labute approximate surface area is 366 Å². The second-order valence-electron chi connectivity index (χ2n) is 16.2. The molecule has 3 nitrogen and oxygen atoms in total. The molecule has 12 rings (SSSR count). The highest BCUT2D eigenvalue weighted by Crippen LogP contribution is 2.40. The summed E-state index contributed by atoms with van der Waals surface area (Å²) in [5, 5.41) is 4.77. The van der Waals surface area contributed by atoms with Crippen molar-refractivity contribution < 1.29 is 4.42 Å². The van der Waals surface area contributed by atoms with Crippen molar-refractivity contribution >= 4 is 60.8 Å². The zero-order valence-electron chi connectivity index (χ0n) is 34.4. The molecule has 0 spiro atoms. The lowest BCUT2D eigenvalue weighted by molar-refractivity contribution is 0.669. The van der Waals surface area contributed by atoms with Crippen LogP contribution in [0.25, 0.3) is 93.9 Å². The van der Waals surface area contributed by atoms with Crippen LogP contribution in [0.3, 0.4) is 0 Å². The molecular formula is C60H40N2O. The number of hydrogen-bond donors (Lipinski definition) is 0. The molecule has 296 valence electrons. The number of hydrogen-bond acceptors (Lipinski definition) is 2. The van der Waals surface area contributed by atoms with E-state index < -0.39 is 0 Å². The molecule has 0 atom stereocenters. The number of fused-ring (bicyclic) bond motifs is 6. The highest BCUT2D eigenvalue weighted by atomic mass is 16.3. The first-order chi connectivity index (χ1) is 31.2. The summed E-state index contributed by atoms with van der Waals surface area (Å²) in [4.78, 5) is 2.35. The van der Waals surface area contributed by atoms with Crippen LogP contribution in [0.4, 0.5) is 17.1 Å². The van der Waals surface area contributed by atoms with E-state index in [4.69, 9.17) is 4.42 Å². The maximum absolute atomic E-state index is 6.49. The van der Waals surface area contributed by atoms with Gasteiger partial charge in [-0.2, -0.15) is 0 Å². The van der Waals surface area contributed by atoms with Crippen molar-refractivity contribution in [1.29, 1.82) is 0 Å². The van der Waals surface area contributed by atoms with E-state index in [1.807, 2.05) is 6.07 Å². The summed E-state index contributed by atoms with van der Waals surface area (Å²) >= 11 is 0. The van der Waals surface area contributed by atoms with Crippen LogP contribution in [0.5, 0.6) is 0 Å². The Kier molecular flexibility index (Phi) is 8.83. The highest BCUT2D eigenvalue weighted by molar-refractivity contribution is 6.09. The number of nitrogens with zero attached hydrogens (tertiary/aromatic N) is 2. The van der Waals surface area contributed by atoms with Gasteiger partial charge in [0, 0.05) is 44.3 Å². The maximum atomic E-state index is 6.49. The molecule has 0 N–H and O–H groups in total. The van der Waals surface area contributed by atoms with Crippen molar-refractivity contribution in [2.24, 2.45) is 0 Å². The van der Waals surface area contributed by atoms with Crippen LogP contribution in [0, 0.1) is 0 Å². The van der Waals surface area contributed by atoms with Gasteiger partial charge in [-0.15, -0.1) is 0 Å². The fraction of sp³-hybridized carbons (Fsp3) is 0. The molecule has 0 aliphatic heterocycles. The lowest BCUT2D eigenvalue weighted by atomic mass is 10.0. The predicted molar refractivity (Wildman–Crippen MR) is 264 cm³/mol. The molecule has 12 aromatic rings. The number of anilines is 3. The summed E-state index contributed by atoms with van der Waals surface area (Å²) in [7, 11) is 0. The van der Waals surface area contributed by atoms with Crippen LogP contribution in [-0.4, -0.2) is 4.57 Å². The van der Waals surface area contributed by atoms with E-state index in [-0.39, 0.29) is 0 Å². The Morgan fingerprint density at radius 3 is 1.22 bits per heavy atom. The van der Waals surface area contributed by atoms with Gasteiger partial charge in [0.25, 0.3) is 0 Å². The molecule has 0 saturated heterocycles. The van der Waals surface area contributed by atoms with Gasteiger partial charge < -0.3 is 13.9 Å². The largest absolute Gasteiger partial charge is 0.456 e. The van der Waals surface area contributed by atoms with Gasteiger partial charge in [0.15, 0.2) is 0 Å². The Balaban J connectivity index is 0.899. The molecule has 3 heteroatoms. The minimum Gasteiger partial charge on any atom is -0.456 e. The van der Waals surface area contributed by atoms with E-state index in [0.717, 1.165) is 66.9 Å². The van der Waals surface area contributed by atoms with Gasteiger partial charge in [-0.1, -0.05) is 158 Å². The molecular weight excluding hydrogens is 765 g/mol. The summed E-state index contributed by atoms with van der Waals surface area (Å²) in [5.74, 6) is 0. The molecule has 10 aromatic carbocycles. The van der Waals surface area contributed by atoms with Gasteiger partial charge in [-0.05, 0) is 129 Å². The summed E-state index contributed by atoms with van der Waals surface area (Å²) in [5.41, 5.74) is 17.8. The quantitative estimate of drug-likeness (QED) is 0.153. The highest BCUT2D eigenvalue weighted by Gasteiger charge is 2.17. The van der Waals surface area contributed by atoms with E-state index in [1.165, 1.54) is 44.1 Å². The van der Waals surface area contributed by atoms with Gasteiger partial charge in [-0.3, -0.25) is 0 Å². The first-order valence-electron chi connectivity index (χ1n) is 21.5. The van der Waals surface area contributed by atoms with Crippen LogP contribution in [0.15, 0.2) is 247 Å². The maximum Gasteiger partial charge on any atom is 0.136 e. The second kappa shape index (κ2) is 15.3. The summed E-state index contributed by atoms with van der Waals surface area (Å²) < 4.78 is 8.87. The molecule has 2 aromatic heterocycles. The third kappa shape index (κ3) is 6.55. The number of benzene rings is 10. The molecule has 0 aliphatic rings.